The largest absolute Gasteiger partial charge is 0.494 e. The molecule has 0 unspecified atom stereocenters. The van der Waals surface area contributed by atoms with Gasteiger partial charge >= 0.3 is 0 Å². The first-order chi connectivity index (χ1) is 12.0. The minimum absolute atomic E-state index is 0.0654. The quantitative estimate of drug-likeness (QED) is 0.727. The number of carbonyl (C=O) groups excluding carboxylic acids is 1. The van der Waals surface area contributed by atoms with Crippen LogP contribution in [-0.4, -0.2) is 32.5 Å². The van der Waals surface area contributed by atoms with Gasteiger partial charge in [-0.15, -0.1) is 0 Å². The molecule has 0 radical (unpaired) electrons. The third-order valence-electron chi connectivity index (χ3n) is 3.64. The number of hydrogen-bond acceptors (Lipinski definition) is 7. The molecule has 0 aliphatic heterocycles. The van der Waals surface area contributed by atoms with Gasteiger partial charge in [-0.3, -0.25) is 19.5 Å². The number of benzene rings is 1. The van der Waals surface area contributed by atoms with E-state index in [0.717, 1.165) is 0 Å². The molecule has 9 heteroatoms. The van der Waals surface area contributed by atoms with Gasteiger partial charge in [-0.2, -0.15) is 0 Å². The first kappa shape index (κ1) is 16.4. The van der Waals surface area contributed by atoms with Crippen molar-refractivity contribution in [2.75, 3.05) is 18.2 Å². The van der Waals surface area contributed by atoms with Crippen molar-refractivity contribution in [2.45, 2.75) is 13.5 Å². The van der Waals surface area contributed by atoms with Gasteiger partial charge in [0.1, 0.15) is 11.3 Å². The Morgan fingerprint density at radius 3 is 2.68 bits per heavy atom. The molecule has 0 bridgehead atoms. The minimum Gasteiger partial charge on any atom is -0.494 e. The van der Waals surface area contributed by atoms with Gasteiger partial charge in [0.05, 0.1) is 18.1 Å². The van der Waals surface area contributed by atoms with E-state index in [1.165, 1.54) is 24.1 Å². The molecule has 2 heterocycles. The van der Waals surface area contributed by atoms with E-state index >= 15 is 0 Å². The van der Waals surface area contributed by atoms with Crippen molar-refractivity contribution in [3.8, 4) is 5.75 Å². The van der Waals surface area contributed by atoms with Gasteiger partial charge in [0.25, 0.3) is 11.5 Å². The van der Waals surface area contributed by atoms with Crippen molar-refractivity contribution >= 4 is 28.7 Å². The topological polar surface area (TPSA) is 125 Å². The second-order valence-electron chi connectivity index (χ2n) is 5.13. The summed E-state index contributed by atoms with van der Waals surface area (Å²) in [5.74, 6) is 0.134. The summed E-state index contributed by atoms with van der Waals surface area (Å²) in [6, 6.07) is 5.08. The number of nitrogens with zero attached hydrogens (tertiary/aromatic N) is 4. The lowest BCUT2D eigenvalue weighted by molar-refractivity contribution is 0.102. The Hall–Kier alpha value is -3.49. The number of hydrogen-bond donors (Lipinski definition) is 2. The van der Waals surface area contributed by atoms with Crippen LogP contribution >= 0.6 is 0 Å². The summed E-state index contributed by atoms with van der Waals surface area (Å²) in [5.41, 5.74) is 5.72. The van der Waals surface area contributed by atoms with Crippen LogP contribution < -0.4 is 21.3 Å². The first-order valence-electron chi connectivity index (χ1n) is 7.51. The van der Waals surface area contributed by atoms with Crippen molar-refractivity contribution in [1.29, 1.82) is 0 Å². The van der Waals surface area contributed by atoms with Crippen LogP contribution in [0.25, 0.3) is 10.9 Å². The average Bonchev–Trinajstić information content (AvgIpc) is 2.62. The highest BCUT2D eigenvalue weighted by molar-refractivity contribution is 6.03. The van der Waals surface area contributed by atoms with E-state index in [9.17, 15) is 9.59 Å². The normalized spacial score (nSPS) is 10.6. The van der Waals surface area contributed by atoms with Crippen LogP contribution in [-0.2, 0) is 6.54 Å². The van der Waals surface area contributed by atoms with Crippen molar-refractivity contribution in [3.05, 3.63) is 46.5 Å². The maximum atomic E-state index is 12.7. The van der Waals surface area contributed by atoms with Gasteiger partial charge in [-0.25, -0.2) is 15.0 Å². The molecule has 0 aliphatic rings. The fourth-order valence-electron chi connectivity index (χ4n) is 2.40. The Bertz CT molecular complexity index is 997. The highest BCUT2D eigenvalue weighted by Crippen LogP contribution is 2.22. The maximum Gasteiger partial charge on any atom is 0.262 e. The van der Waals surface area contributed by atoms with E-state index in [1.54, 1.807) is 25.1 Å². The van der Waals surface area contributed by atoms with Crippen molar-refractivity contribution in [2.24, 2.45) is 0 Å². The smallest absolute Gasteiger partial charge is 0.262 e. The first-order valence-corrected chi connectivity index (χ1v) is 7.51. The van der Waals surface area contributed by atoms with E-state index < -0.39 is 5.91 Å². The summed E-state index contributed by atoms with van der Waals surface area (Å²) >= 11 is 0. The predicted molar refractivity (Wildman–Crippen MR) is 92.6 cm³/mol. The number of rotatable bonds is 4. The van der Waals surface area contributed by atoms with E-state index in [4.69, 9.17) is 10.5 Å². The highest BCUT2D eigenvalue weighted by atomic mass is 16.5. The number of fused-ring (bicyclic) bond motifs is 1. The number of nitrogens with one attached hydrogen (secondary N) is 1. The second kappa shape index (κ2) is 6.56. The molecule has 9 nitrogen and oxygen atoms in total. The maximum absolute atomic E-state index is 12.7. The number of nitrogen functional groups attached to an aromatic ring is 1. The molecule has 1 aromatic carbocycles. The van der Waals surface area contributed by atoms with Gasteiger partial charge in [-0.1, -0.05) is 6.07 Å². The predicted octanol–water partition coefficient (Wildman–Crippen LogP) is 1.05. The number of methoxy groups -OCH3 is 1. The van der Waals surface area contributed by atoms with Crippen molar-refractivity contribution in [3.63, 3.8) is 0 Å². The summed E-state index contributed by atoms with van der Waals surface area (Å²) in [7, 11) is 1.49. The lowest BCUT2D eigenvalue weighted by atomic mass is 10.2. The molecule has 0 saturated carbocycles. The van der Waals surface area contributed by atoms with Gasteiger partial charge in [-0.05, 0) is 19.1 Å². The molecular weight excluding hydrogens is 324 g/mol. The molecular formula is C16H16N6O3. The molecule has 0 fully saturated rings. The second-order valence-corrected chi connectivity index (χ2v) is 5.13. The van der Waals surface area contributed by atoms with Crippen molar-refractivity contribution in [1.82, 2.24) is 19.5 Å². The van der Waals surface area contributed by atoms with Crippen LogP contribution in [0.15, 0.2) is 35.4 Å². The number of para-hydroxylation sites is 1. The van der Waals surface area contributed by atoms with Crippen LogP contribution in [0.1, 0.15) is 17.3 Å². The number of anilines is 2. The fraction of sp³-hybridized carbons (Fsp3) is 0.188. The molecule has 3 aromatic rings. The van der Waals surface area contributed by atoms with E-state index in [-0.39, 0.29) is 23.0 Å². The van der Waals surface area contributed by atoms with E-state index in [1.807, 2.05) is 0 Å². The van der Waals surface area contributed by atoms with Gasteiger partial charge < -0.3 is 10.5 Å². The molecule has 0 aliphatic carbocycles. The molecule has 1 amide bonds. The standard InChI is InChI=1S/C16H16N6O3/c1-3-22-14(24)10-5-4-6-11(25-2)12(10)20-16(22)21-13(23)9-7-18-15(17)19-8-9/h4-8H,3H2,1-2H3,(H2,17,18,19)(H,20,21,23). The number of aromatic nitrogens is 4. The molecule has 3 rings (SSSR count). The highest BCUT2D eigenvalue weighted by Gasteiger charge is 2.16. The minimum atomic E-state index is -0.497. The number of nitrogens with two attached hydrogens (primary N) is 1. The summed E-state index contributed by atoms with van der Waals surface area (Å²) in [5, 5.41) is 3.03. The molecule has 25 heavy (non-hydrogen) atoms. The Morgan fingerprint density at radius 1 is 1.32 bits per heavy atom. The molecule has 128 valence electrons. The zero-order valence-corrected chi connectivity index (χ0v) is 13.7. The Labute approximate surface area is 142 Å². The third-order valence-corrected chi connectivity index (χ3v) is 3.64. The number of ether oxygens (including phenoxy) is 1. The van der Waals surface area contributed by atoms with Gasteiger partial charge in [0.2, 0.25) is 11.9 Å². The van der Waals surface area contributed by atoms with Crippen LogP contribution in [0.4, 0.5) is 11.9 Å². The van der Waals surface area contributed by atoms with Gasteiger partial charge in [0, 0.05) is 18.9 Å². The SMILES string of the molecule is CCn1c(NC(=O)c2cnc(N)nc2)nc2c(OC)cccc2c1=O. The van der Waals surface area contributed by atoms with Crippen LogP contribution in [0.2, 0.25) is 0 Å². The summed E-state index contributed by atoms with van der Waals surface area (Å²) in [6.07, 6.45) is 2.60. The van der Waals surface area contributed by atoms with Crippen LogP contribution in [0, 0.1) is 0 Å². The van der Waals surface area contributed by atoms with Crippen LogP contribution in [0.3, 0.4) is 0 Å². The zero-order chi connectivity index (χ0) is 18.0. The Kier molecular flexibility index (Phi) is 4.29. The molecule has 2 aromatic heterocycles. The van der Waals surface area contributed by atoms with E-state index in [2.05, 4.69) is 20.3 Å². The zero-order valence-electron chi connectivity index (χ0n) is 13.7. The summed E-state index contributed by atoms with van der Waals surface area (Å²) in [6.45, 7) is 2.13. The lowest BCUT2D eigenvalue weighted by Crippen LogP contribution is -2.27. The number of carbonyl (C=O) groups is 1. The summed E-state index contributed by atoms with van der Waals surface area (Å²) in [4.78, 5) is 37.0. The number of amides is 1. The fourth-order valence-corrected chi connectivity index (χ4v) is 2.40. The monoisotopic (exact) mass is 340 g/mol. The average molecular weight is 340 g/mol. The Morgan fingerprint density at radius 2 is 2.04 bits per heavy atom. The summed E-state index contributed by atoms with van der Waals surface area (Å²) < 4.78 is 6.63. The van der Waals surface area contributed by atoms with Gasteiger partial charge in [0.15, 0.2) is 0 Å². The van der Waals surface area contributed by atoms with Crippen LogP contribution in [0.5, 0.6) is 5.75 Å². The molecule has 0 saturated heterocycles. The van der Waals surface area contributed by atoms with Crippen molar-refractivity contribution < 1.29 is 9.53 Å². The molecule has 0 atom stereocenters. The Balaban J connectivity index is 2.10. The molecule has 3 N–H and O–H groups in total. The molecule has 0 spiro atoms. The lowest BCUT2D eigenvalue weighted by Gasteiger charge is -2.13. The van der Waals surface area contributed by atoms with E-state index in [0.29, 0.717) is 23.2 Å². The third kappa shape index (κ3) is 2.99.